The highest BCUT2D eigenvalue weighted by Crippen LogP contribution is 2.17. The van der Waals surface area contributed by atoms with Gasteiger partial charge in [-0.15, -0.1) is 0 Å². The summed E-state index contributed by atoms with van der Waals surface area (Å²) in [6.07, 6.45) is 0.960. The van der Waals surface area contributed by atoms with Crippen LogP contribution in [0.5, 0.6) is 5.75 Å². The highest BCUT2D eigenvalue weighted by Gasteiger charge is 2.07. The van der Waals surface area contributed by atoms with E-state index in [1.54, 1.807) is 14.2 Å². The van der Waals surface area contributed by atoms with Crippen LogP contribution in [0.15, 0.2) is 29.3 Å². The van der Waals surface area contributed by atoms with Gasteiger partial charge in [0.05, 0.1) is 19.8 Å². The lowest BCUT2D eigenvalue weighted by molar-refractivity contribution is 0.0698. The Bertz CT molecular complexity index is 480. The number of rotatable bonds is 11. The molecule has 1 aromatic rings. The number of hydrogen-bond acceptors (Lipinski definition) is 4. The highest BCUT2D eigenvalue weighted by atomic mass is 16.5. The number of nitrogens with one attached hydrogen (secondary N) is 2. The SMILES string of the molecule is CN=C(NCCCOCCOC)NCC(C)Oc1ccccc1C. The van der Waals surface area contributed by atoms with E-state index in [2.05, 4.69) is 15.6 Å². The predicted octanol–water partition coefficient (Wildman–Crippen LogP) is 1.98. The van der Waals surface area contributed by atoms with Gasteiger partial charge in [0, 0.05) is 27.3 Å². The number of aryl methyl sites for hydroxylation is 1. The average Bonchev–Trinajstić information content (AvgIpc) is 2.58. The molecule has 0 saturated heterocycles. The maximum Gasteiger partial charge on any atom is 0.191 e. The minimum atomic E-state index is 0.0435. The molecule has 1 unspecified atom stereocenters. The van der Waals surface area contributed by atoms with Gasteiger partial charge in [0.2, 0.25) is 0 Å². The molecule has 136 valence electrons. The minimum Gasteiger partial charge on any atom is -0.489 e. The van der Waals surface area contributed by atoms with Crippen LogP contribution in [0.25, 0.3) is 0 Å². The van der Waals surface area contributed by atoms with Crippen molar-refractivity contribution in [3.05, 3.63) is 29.8 Å². The maximum absolute atomic E-state index is 5.94. The van der Waals surface area contributed by atoms with Crippen LogP contribution in [0, 0.1) is 6.92 Å². The summed E-state index contributed by atoms with van der Waals surface area (Å²) in [5.74, 6) is 1.69. The zero-order valence-electron chi connectivity index (χ0n) is 15.3. The topological polar surface area (TPSA) is 64.1 Å². The third kappa shape index (κ3) is 8.74. The van der Waals surface area contributed by atoms with Gasteiger partial charge in [-0.3, -0.25) is 4.99 Å². The first-order valence-corrected chi connectivity index (χ1v) is 8.40. The zero-order valence-corrected chi connectivity index (χ0v) is 15.3. The van der Waals surface area contributed by atoms with Crippen molar-refractivity contribution >= 4 is 5.96 Å². The van der Waals surface area contributed by atoms with E-state index in [1.165, 1.54) is 0 Å². The molecule has 0 radical (unpaired) electrons. The standard InChI is InChI=1S/C18H31N3O3/c1-15-8-5-6-9-17(15)24-16(2)14-21-18(19-3)20-10-7-11-23-13-12-22-4/h5-6,8-9,16H,7,10-14H2,1-4H3,(H2,19,20,21). The highest BCUT2D eigenvalue weighted by molar-refractivity contribution is 5.79. The average molecular weight is 337 g/mol. The van der Waals surface area contributed by atoms with Crippen LogP contribution in [0.1, 0.15) is 18.9 Å². The van der Waals surface area contributed by atoms with Crippen molar-refractivity contribution in [3.63, 3.8) is 0 Å². The number of para-hydroxylation sites is 1. The van der Waals surface area contributed by atoms with E-state index in [0.29, 0.717) is 26.4 Å². The molecule has 0 aliphatic rings. The van der Waals surface area contributed by atoms with E-state index in [-0.39, 0.29) is 6.10 Å². The fourth-order valence-electron chi connectivity index (χ4n) is 2.03. The van der Waals surface area contributed by atoms with Crippen LogP contribution >= 0.6 is 0 Å². The summed E-state index contributed by atoms with van der Waals surface area (Å²) in [7, 11) is 3.43. The predicted molar refractivity (Wildman–Crippen MR) is 97.9 cm³/mol. The van der Waals surface area contributed by atoms with Gasteiger partial charge in [0.25, 0.3) is 0 Å². The number of methoxy groups -OCH3 is 1. The molecule has 0 fully saturated rings. The molecule has 0 bridgehead atoms. The quantitative estimate of drug-likeness (QED) is 0.367. The third-order valence-electron chi connectivity index (χ3n) is 3.39. The van der Waals surface area contributed by atoms with Gasteiger partial charge in [0.1, 0.15) is 11.9 Å². The molecule has 0 spiro atoms. The van der Waals surface area contributed by atoms with Crippen LogP contribution in [0.3, 0.4) is 0 Å². The number of nitrogens with zero attached hydrogens (tertiary/aromatic N) is 1. The third-order valence-corrected chi connectivity index (χ3v) is 3.39. The van der Waals surface area contributed by atoms with Crippen molar-refractivity contribution < 1.29 is 14.2 Å². The molecule has 0 amide bonds. The van der Waals surface area contributed by atoms with Gasteiger partial charge in [-0.2, -0.15) is 0 Å². The largest absolute Gasteiger partial charge is 0.489 e. The molecule has 6 nitrogen and oxygen atoms in total. The van der Waals surface area contributed by atoms with E-state index >= 15 is 0 Å². The molecular formula is C18H31N3O3. The Morgan fingerprint density at radius 1 is 1.17 bits per heavy atom. The molecule has 1 aromatic carbocycles. The van der Waals surface area contributed by atoms with Crippen LogP contribution in [0.2, 0.25) is 0 Å². The Morgan fingerprint density at radius 2 is 1.96 bits per heavy atom. The Kier molecular flexibility index (Phi) is 10.6. The molecule has 0 heterocycles. The first-order chi connectivity index (χ1) is 11.7. The van der Waals surface area contributed by atoms with Gasteiger partial charge >= 0.3 is 0 Å². The van der Waals surface area contributed by atoms with Gasteiger partial charge in [-0.05, 0) is 31.9 Å². The molecule has 0 aromatic heterocycles. The molecular weight excluding hydrogens is 306 g/mol. The number of benzene rings is 1. The summed E-state index contributed by atoms with van der Waals surface area (Å²) in [6, 6.07) is 8.03. The van der Waals surface area contributed by atoms with Crippen LogP contribution in [-0.2, 0) is 9.47 Å². The summed E-state index contributed by atoms with van der Waals surface area (Å²) < 4.78 is 16.3. The summed E-state index contributed by atoms with van der Waals surface area (Å²) >= 11 is 0. The molecule has 1 atom stereocenters. The molecule has 2 N–H and O–H groups in total. The van der Waals surface area contributed by atoms with Gasteiger partial charge < -0.3 is 24.8 Å². The number of ether oxygens (including phenoxy) is 3. The molecule has 0 aliphatic carbocycles. The monoisotopic (exact) mass is 337 g/mol. The number of hydrogen-bond donors (Lipinski definition) is 2. The van der Waals surface area contributed by atoms with Crippen LogP contribution < -0.4 is 15.4 Å². The zero-order chi connectivity index (χ0) is 17.6. The second-order valence-corrected chi connectivity index (χ2v) is 5.53. The van der Waals surface area contributed by atoms with Gasteiger partial charge in [0.15, 0.2) is 5.96 Å². The van der Waals surface area contributed by atoms with Crippen LogP contribution in [0.4, 0.5) is 0 Å². The van der Waals surface area contributed by atoms with Crippen molar-refractivity contribution in [2.24, 2.45) is 4.99 Å². The normalized spacial score (nSPS) is 12.8. The minimum absolute atomic E-state index is 0.0435. The second kappa shape index (κ2) is 12.6. The Labute approximate surface area is 145 Å². The van der Waals surface area contributed by atoms with E-state index in [0.717, 1.165) is 30.2 Å². The lowest BCUT2D eigenvalue weighted by Gasteiger charge is -2.18. The van der Waals surface area contributed by atoms with Crippen LogP contribution in [-0.4, -0.2) is 59.1 Å². The van der Waals surface area contributed by atoms with E-state index in [1.807, 2.05) is 38.1 Å². The summed E-state index contributed by atoms with van der Waals surface area (Å²) in [6.45, 7) is 7.55. The van der Waals surface area contributed by atoms with Gasteiger partial charge in [-0.25, -0.2) is 0 Å². The summed E-state index contributed by atoms with van der Waals surface area (Å²) in [4.78, 5) is 4.21. The lowest BCUT2D eigenvalue weighted by Crippen LogP contribution is -2.42. The van der Waals surface area contributed by atoms with Crippen molar-refractivity contribution in [1.29, 1.82) is 0 Å². The second-order valence-electron chi connectivity index (χ2n) is 5.53. The van der Waals surface area contributed by atoms with Crippen molar-refractivity contribution in [1.82, 2.24) is 10.6 Å². The fraction of sp³-hybridized carbons (Fsp3) is 0.611. The number of aliphatic imine (C=N–C) groups is 1. The van der Waals surface area contributed by atoms with E-state index in [9.17, 15) is 0 Å². The smallest absolute Gasteiger partial charge is 0.191 e. The summed E-state index contributed by atoms with van der Waals surface area (Å²) in [5, 5.41) is 6.54. The molecule has 0 aliphatic heterocycles. The van der Waals surface area contributed by atoms with Crippen molar-refractivity contribution in [2.45, 2.75) is 26.4 Å². The Balaban J connectivity index is 2.18. The fourth-order valence-corrected chi connectivity index (χ4v) is 2.03. The van der Waals surface area contributed by atoms with Gasteiger partial charge in [-0.1, -0.05) is 18.2 Å². The van der Waals surface area contributed by atoms with E-state index < -0.39 is 0 Å². The maximum atomic E-state index is 5.94. The first kappa shape index (κ1) is 20.3. The molecule has 0 saturated carbocycles. The number of guanidine groups is 1. The van der Waals surface area contributed by atoms with E-state index in [4.69, 9.17) is 14.2 Å². The van der Waals surface area contributed by atoms with Crippen molar-refractivity contribution in [2.75, 3.05) is 47.1 Å². The lowest BCUT2D eigenvalue weighted by atomic mass is 10.2. The summed E-state index contributed by atoms with van der Waals surface area (Å²) in [5.41, 5.74) is 1.14. The first-order valence-electron chi connectivity index (χ1n) is 8.40. The van der Waals surface area contributed by atoms with Crippen molar-refractivity contribution in [3.8, 4) is 5.75 Å². The Hall–Kier alpha value is -1.79. The molecule has 6 heteroatoms. The molecule has 24 heavy (non-hydrogen) atoms. The Morgan fingerprint density at radius 3 is 2.67 bits per heavy atom. The molecule has 1 rings (SSSR count).